The van der Waals surface area contributed by atoms with Crippen molar-refractivity contribution in [3.63, 3.8) is 0 Å². The van der Waals surface area contributed by atoms with Gasteiger partial charge in [0.25, 0.3) is 8.32 Å². The maximum atomic E-state index is 15.8. The molecule has 5 aromatic carbocycles. The zero-order valence-electron chi connectivity index (χ0n) is 60.5. The lowest BCUT2D eigenvalue weighted by molar-refractivity contribution is -0.140. The van der Waals surface area contributed by atoms with Gasteiger partial charge < -0.3 is 47.1 Å². The highest BCUT2D eigenvalue weighted by Gasteiger charge is 2.54. The number of carbonyl (C=O) groups excluding carboxylic acids is 2. The summed E-state index contributed by atoms with van der Waals surface area (Å²) in [5.74, 6) is -0.243. The van der Waals surface area contributed by atoms with Crippen molar-refractivity contribution in [2.24, 2.45) is 29.6 Å². The molecule has 95 heavy (non-hydrogen) atoms. The number of methoxy groups -OCH3 is 4. The fraction of sp³-hybridized carbons (Fsp3) is 0.550. The molecule has 7 rings (SSSR count). The highest BCUT2D eigenvalue weighted by atomic mass is 28.4. The van der Waals surface area contributed by atoms with Crippen LogP contribution in [0.2, 0.25) is 21.7 Å². The van der Waals surface area contributed by atoms with E-state index in [1.165, 1.54) is 15.3 Å². The summed E-state index contributed by atoms with van der Waals surface area (Å²) in [6.07, 6.45) is 1.86. The van der Waals surface area contributed by atoms with Crippen LogP contribution >= 0.6 is 0 Å². The molecule has 0 bridgehead atoms. The third kappa shape index (κ3) is 18.5. The van der Waals surface area contributed by atoms with Crippen molar-refractivity contribution in [3.05, 3.63) is 181 Å². The molecule has 2 amide bonds. The molecule has 0 aromatic heterocycles. The highest BCUT2D eigenvalue weighted by molar-refractivity contribution is 6.99. The summed E-state index contributed by atoms with van der Waals surface area (Å²) >= 11 is 0. The van der Waals surface area contributed by atoms with Crippen LogP contribution in [0.25, 0.3) is 0 Å². The van der Waals surface area contributed by atoms with Crippen LogP contribution in [0.3, 0.4) is 0 Å². The number of hydrogen-bond acceptors (Lipinski definition) is 12. The molecule has 2 aliphatic rings. The van der Waals surface area contributed by atoms with Gasteiger partial charge in [-0.05, 0) is 142 Å². The number of ether oxygens (including phenoxy) is 7. The van der Waals surface area contributed by atoms with E-state index >= 15 is 4.79 Å². The Bertz CT molecular complexity index is 3100. The fourth-order valence-electron chi connectivity index (χ4n) is 15.7. The van der Waals surface area contributed by atoms with Gasteiger partial charge in [0.2, 0.25) is 14.2 Å². The molecule has 1 heterocycles. The molecule has 1 saturated carbocycles. The van der Waals surface area contributed by atoms with Crippen molar-refractivity contribution in [3.8, 4) is 11.5 Å². The average Bonchev–Trinajstić information content (AvgIpc) is 1.25. The maximum absolute atomic E-state index is 15.8. The summed E-state index contributed by atoms with van der Waals surface area (Å²) in [5, 5.41) is 15.5. The minimum absolute atomic E-state index is 0.0173. The fourth-order valence-corrected chi connectivity index (χ4v) is 26.0. The van der Waals surface area contributed by atoms with E-state index in [0.717, 1.165) is 40.2 Å². The van der Waals surface area contributed by atoms with E-state index in [-0.39, 0.29) is 77.0 Å². The molecule has 13 nitrogen and oxygen atoms in total. The Kier molecular flexibility index (Phi) is 28.4. The molecule has 0 radical (unpaired) electrons. The number of aliphatic hydroxyl groups is 1. The van der Waals surface area contributed by atoms with Crippen LogP contribution < -0.4 is 19.8 Å². The number of benzene rings is 5. The SMILES string of the molecule is C=C[C@@H](C)C[C@@H](C)[C@@H](OCc1ccc(OC)cc1)[C@H](OC)[C@H](O[Si](C(C)C)(C(C)C)C(C)C)/C(C)=C/[C@@H](C)[C@H](C[C@H](O)[C@@H](C[C@@H]1CC[C@@H](O[Si](c2ccccc2)(c2ccccc2)C(C)(C)C)[C@H](OC)C1)C(=O)N1C(=O)O[C@@H](c2ccccc2)[C@H]1C)OCc1ccc(OC)cc1. The smallest absolute Gasteiger partial charge is 0.417 e. The number of cyclic esters (lactones) is 1. The second kappa shape index (κ2) is 35.2. The van der Waals surface area contributed by atoms with E-state index in [1.807, 2.05) is 91.9 Å². The molecular weight excluding hydrogens is 1220 g/mol. The number of rotatable bonds is 35. The minimum Gasteiger partial charge on any atom is -0.497 e. The van der Waals surface area contributed by atoms with Gasteiger partial charge in [0, 0.05) is 26.6 Å². The van der Waals surface area contributed by atoms with Crippen LogP contribution in [0.5, 0.6) is 11.5 Å². The molecule has 15 heteroatoms. The maximum Gasteiger partial charge on any atom is 0.417 e. The number of nitrogens with zero attached hydrogens (tertiary/aromatic N) is 1. The Labute approximate surface area is 572 Å². The van der Waals surface area contributed by atoms with Crippen LogP contribution in [0.4, 0.5) is 4.79 Å². The third-order valence-corrected chi connectivity index (χ3v) is 31.9. The number of hydrogen-bond donors (Lipinski definition) is 1. The Morgan fingerprint density at radius 2 is 1.21 bits per heavy atom. The van der Waals surface area contributed by atoms with E-state index in [4.69, 9.17) is 42.0 Å². The second-order valence-corrected chi connectivity index (χ2v) is 38.8. The molecule has 0 unspecified atom stereocenters. The van der Waals surface area contributed by atoms with Gasteiger partial charge in [-0.25, -0.2) is 9.69 Å². The van der Waals surface area contributed by atoms with E-state index in [1.54, 1.807) is 28.4 Å². The zero-order valence-corrected chi connectivity index (χ0v) is 62.5. The van der Waals surface area contributed by atoms with E-state index in [2.05, 4.69) is 163 Å². The first-order valence-electron chi connectivity index (χ1n) is 34.9. The van der Waals surface area contributed by atoms with E-state index < -0.39 is 77.2 Å². The van der Waals surface area contributed by atoms with Crippen molar-refractivity contribution < 1.29 is 56.7 Å². The first-order valence-corrected chi connectivity index (χ1v) is 38.9. The molecule has 1 aliphatic carbocycles. The molecule has 520 valence electrons. The van der Waals surface area contributed by atoms with E-state index in [0.29, 0.717) is 25.9 Å². The van der Waals surface area contributed by atoms with Crippen molar-refractivity contribution in [1.82, 2.24) is 4.90 Å². The zero-order chi connectivity index (χ0) is 69.4. The van der Waals surface area contributed by atoms with E-state index in [9.17, 15) is 9.90 Å². The van der Waals surface area contributed by atoms with Crippen molar-refractivity contribution in [1.29, 1.82) is 0 Å². The highest BCUT2D eigenvalue weighted by Crippen LogP contribution is 2.47. The summed E-state index contributed by atoms with van der Waals surface area (Å²) in [4.78, 5) is 31.4. The summed E-state index contributed by atoms with van der Waals surface area (Å²) in [6.45, 7) is 35.9. The number of amides is 2. The lowest BCUT2D eigenvalue weighted by Gasteiger charge is -2.48. The molecule has 5 aromatic rings. The Morgan fingerprint density at radius 3 is 1.68 bits per heavy atom. The molecule has 1 N–H and O–H groups in total. The number of imide groups is 1. The molecule has 1 saturated heterocycles. The molecule has 0 spiro atoms. The van der Waals surface area contributed by atoms with Gasteiger partial charge in [-0.3, -0.25) is 4.79 Å². The monoisotopic (exact) mass is 1340 g/mol. The van der Waals surface area contributed by atoms with Gasteiger partial charge in [-0.2, -0.15) is 0 Å². The lowest BCUT2D eigenvalue weighted by Crippen LogP contribution is -2.68. The lowest BCUT2D eigenvalue weighted by atomic mass is 9.77. The number of carbonyl (C=O) groups is 2. The van der Waals surface area contributed by atoms with Crippen molar-refractivity contribution >= 4 is 39.0 Å². The third-order valence-electron chi connectivity index (χ3n) is 20.8. The van der Waals surface area contributed by atoms with Gasteiger partial charge in [0.15, 0.2) is 0 Å². The first kappa shape index (κ1) is 76.6. The first-order chi connectivity index (χ1) is 45.3. The standard InChI is InChI=1S/C80H115NO12Si2/c1-20-56(8)46-58(10)74(90-52-62-38-43-66(86-17)44-39-62)77(88-19)75(93-94(53(2)3,54(4)5)55(6)7)59(11)47-57(9)72(89-51-61-36-41-65(85-16)42-37-61)50-70(82)69(78(83)81-60(12)76(91-79(81)84)64-30-24-21-25-31-64)48-63-40-45-71(73(49-63)87-18)92-95(80(13,14)15,67-32-26-22-27-33-67)68-34-28-23-29-35-68/h20-39,41-44,47,53-58,60,63,69-77,82H,1,40,45-46,48-52H2,2-19H3/b59-47+/t56-,57-,58-,60-,63+,69-,70+,71-,72+,73-,74-,75-,76-,77+/m1/s1. The average molecular weight is 1340 g/mol. The predicted octanol–water partition coefficient (Wildman–Crippen LogP) is 16.8. The quantitative estimate of drug-likeness (QED) is 0.0305. The normalized spacial score (nSPS) is 21.2. The second-order valence-electron chi connectivity index (χ2n) is 29.2. The Hall–Kier alpha value is -5.73. The van der Waals surface area contributed by atoms with Crippen LogP contribution in [0.1, 0.15) is 158 Å². The predicted molar refractivity (Wildman–Crippen MR) is 387 cm³/mol. The van der Waals surface area contributed by atoms with Crippen molar-refractivity contribution in [2.45, 2.75) is 225 Å². The minimum atomic E-state index is -3.00. The summed E-state index contributed by atoms with van der Waals surface area (Å²) in [5.41, 5.74) is 4.40. The van der Waals surface area contributed by atoms with Gasteiger partial charge in [-0.1, -0.05) is 210 Å². The molecule has 2 fully saturated rings. The number of allylic oxidation sites excluding steroid dienone is 1. The summed E-state index contributed by atoms with van der Waals surface area (Å²) in [7, 11) is 1.17. The molecule has 14 atom stereocenters. The summed E-state index contributed by atoms with van der Waals surface area (Å²) in [6, 6.07) is 46.0. The van der Waals surface area contributed by atoms with Gasteiger partial charge in [0.05, 0.1) is 76.0 Å². The van der Waals surface area contributed by atoms with Crippen molar-refractivity contribution in [2.75, 3.05) is 28.4 Å². The Morgan fingerprint density at radius 1 is 0.695 bits per heavy atom. The van der Waals surface area contributed by atoms with Crippen LogP contribution in [-0.2, 0) is 50.5 Å². The molecule has 1 aliphatic heterocycles. The molecular formula is C80H115NO12Si2. The number of aliphatic hydroxyl groups excluding tert-OH is 1. The van der Waals surface area contributed by atoms with Gasteiger partial charge in [-0.15, -0.1) is 6.58 Å². The van der Waals surface area contributed by atoms with Crippen LogP contribution in [-0.4, -0.2) is 116 Å². The van der Waals surface area contributed by atoms with Gasteiger partial charge in [0.1, 0.15) is 23.7 Å². The van der Waals surface area contributed by atoms with Crippen LogP contribution in [0.15, 0.2) is 164 Å². The Balaban J connectivity index is 1.30. The largest absolute Gasteiger partial charge is 0.497 e. The van der Waals surface area contributed by atoms with Gasteiger partial charge >= 0.3 is 6.09 Å². The summed E-state index contributed by atoms with van der Waals surface area (Å²) < 4.78 is 60.5. The van der Waals surface area contributed by atoms with Crippen LogP contribution in [0, 0.1) is 29.6 Å². The topological polar surface area (TPSA) is 141 Å².